The molecule has 0 atom stereocenters. The summed E-state index contributed by atoms with van der Waals surface area (Å²) in [7, 11) is 0. The number of para-hydroxylation sites is 2. The Morgan fingerprint density at radius 1 is 0.615 bits per heavy atom. The Morgan fingerprint density at radius 2 is 1.12 bits per heavy atom. The number of halogens is 1. The van der Waals surface area contributed by atoms with Crippen LogP contribution < -0.4 is 0 Å². The summed E-state index contributed by atoms with van der Waals surface area (Å²) in [6.45, 7) is 0. The van der Waals surface area contributed by atoms with E-state index < -0.39 is 0 Å². The lowest BCUT2D eigenvalue weighted by Crippen LogP contribution is -2.02. The largest absolute Gasteiger partial charge is 0.361 e. The molecular weight excluding hydrogens is 431 g/mol. The highest BCUT2D eigenvalue weighted by atomic mass is 127. The molecular formula is C23H17IN2. The van der Waals surface area contributed by atoms with Crippen LogP contribution in [-0.2, 0) is 0 Å². The molecule has 0 aliphatic carbocycles. The van der Waals surface area contributed by atoms with E-state index in [1.54, 1.807) is 0 Å². The van der Waals surface area contributed by atoms with Gasteiger partial charge in [0, 0.05) is 43.7 Å². The molecule has 5 rings (SSSR count). The van der Waals surface area contributed by atoms with Gasteiger partial charge in [0.05, 0.1) is 0 Å². The fourth-order valence-electron chi connectivity index (χ4n) is 3.85. The number of fused-ring (bicyclic) bond motifs is 2. The highest BCUT2D eigenvalue weighted by molar-refractivity contribution is 14.1. The van der Waals surface area contributed by atoms with E-state index in [0.717, 1.165) is 0 Å². The van der Waals surface area contributed by atoms with Gasteiger partial charge in [0.25, 0.3) is 0 Å². The molecule has 0 amide bonds. The number of rotatable bonds is 3. The van der Waals surface area contributed by atoms with Crippen LogP contribution in [0.1, 0.15) is 22.6 Å². The van der Waals surface area contributed by atoms with Crippen LogP contribution in [0.4, 0.5) is 0 Å². The number of aromatic amines is 2. The lowest BCUT2D eigenvalue weighted by Gasteiger charge is -2.17. The molecule has 5 aromatic rings. The van der Waals surface area contributed by atoms with Gasteiger partial charge in [-0.1, -0.05) is 48.5 Å². The lowest BCUT2D eigenvalue weighted by atomic mass is 9.85. The summed E-state index contributed by atoms with van der Waals surface area (Å²) in [4.78, 5) is 6.90. The normalized spacial score (nSPS) is 11.6. The molecule has 3 aromatic carbocycles. The van der Waals surface area contributed by atoms with Crippen molar-refractivity contribution in [2.24, 2.45) is 0 Å². The molecule has 0 saturated heterocycles. The maximum absolute atomic E-state index is 3.45. The van der Waals surface area contributed by atoms with Crippen molar-refractivity contribution in [2.75, 3.05) is 0 Å². The zero-order valence-electron chi connectivity index (χ0n) is 14.0. The van der Waals surface area contributed by atoms with Crippen molar-refractivity contribution < 1.29 is 0 Å². The average molecular weight is 448 g/mol. The van der Waals surface area contributed by atoms with Crippen molar-refractivity contribution in [1.29, 1.82) is 0 Å². The van der Waals surface area contributed by atoms with Gasteiger partial charge >= 0.3 is 0 Å². The molecule has 0 aliphatic heterocycles. The topological polar surface area (TPSA) is 31.6 Å². The zero-order chi connectivity index (χ0) is 17.5. The molecule has 2 aromatic heterocycles. The van der Waals surface area contributed by atoms with Crippen LogP contribution in [0.5, 0.6) is 0 Å². The van der Waals surface area contributed by atoms with E-state index in [-0.39, 0.29) is 5.92 Å². The Kier molecular flexibility index (Phi) is 3.82. The Labute approximate surface area is 165 Å². The second kappa shape index (κ2) is 6.32. The van der Waals surface area contributed by atoms with Crippen LogP contribution in [0.3, 0.4) is 0 Å². The minimum Gasteiger partial charge on any atom is -0.361 e. The van der Waals surface area contributed by atoms with Crippen LogP contribution in [0, 0.1) is 3.57 Å². The van der Waals surface area contributed by atoms with Gasteiger partial charge in [0.2, 0.25) is 0 Å². The van der Waals surface area contributed by atoms with Crippen LogP contribution in [-0.4, -0.2) is 9.97 Å². The molecule has 0 radical (unpaired) electrons. The number of nitrogens with one attached hydrogen (secondary N) is 2. The number of benzene rings is 3. The summed E-state index contributed by atoms with van der Waals surface area (Å²) in [6, 6.07) is 25.9. The van der Waals surface area contributed by atoms with Gasteiger partial charge in [-0.15, -0.1) is 0 Å². The minimum absolute atomic E-state index is 0.180. The lowest BCUT2D eigenvalue weighted by molar-refractivity contribution is 0.997. The first-order valence-corrected chi connectivity index (χ1v) is 9.76. The molecule has 0 fully saturated rings. The maximum atomic E-state index is 3.45. The molecule has 0 bridgehead atoms. The first-order chi connectivity index (χ1) is 12.8. The monoisotopic (exact) mass is 448 g/mol. The van der Waals surface area contributed by atoms with Gasteiger partial charge in [-0.25, -0.2) is 0 Å². The number of hydrogen-bond donors (Lipinski definition) is 2. The summed E-state index contributed by atoms with van der Waals surface area (Å²) < 4.78 is 1.25. The molecule has 2 N–H and O–H groups in total. The summed E-state index contributed by atoms with van der Waals surface area (Å²) >= 11 is 2.36. The van der Waals surface area contributed by atoms with Gasteiger partial charge in [-0.05, 0) is 63.5 Å². The molecule has 2 heterocycles. The second-order valence-electron chi connectivity index (χ2n) is 6.56. The van der Waals surface area contributed by atoms with Gasteiger partial charge in [0.1, 0.15) is 0 Å². The molecule has 126 valence electrons. The minimum atomic E-state index is 0.180. The van der Waals surface area contributed by atoms with Crippen molar-refractivity contribution in [1.82, 2.24) is 9.97 Å². The van der Waals surface area contributed by atoms with Crippen molar-refractivity contribution in [3.05, 3.63) is 105 Å². The third-order valence-corrected chi connectivity index (χ3v) is 5.79. The first kappa shape index (κ1) is 15.7. The first-order valence-electron chi connectivity index (χ1n) is 8.69. The summed E-state index contributed by atoms with van der Waals surface area (Å²) in [5, 5.41) is 2.56. The Hall–Kier alpha value is -2.53. The second-order valence-corrected chi connectivity index (χ2v) is 7.81. The maximum Gasteiger partial charge on any atom is 0.0457 e. The quantitative estimate of drug-likeness (QED) is 0.298. The summed E-state index contributed by atoms with van der Waals surface area (Å²) in [5.74, 6) is 0.180. The van der Waals surface area contributed by atoms with Crippen molar-refractivity contribution in [3.63, 3.8) is 0 Å². The standard InChI is InChI=1S/C23H17IN2/c24-16-11-9-15(10-12-16)23(19-13-25-21-7-3-1-5-17(19)21)20-14-26-22-8-4-2-6-18(20)22/h1-14,23,25-26H. The highest BCUT2D eigenvalue weighted by Gasteiger charge is 2.22. The predicted molar refractivity (Wildman–Crippen MR) is 117 cm³/mol. The Morgan fingerprint density at radius 3 is 1.65 bits per heavy atom. The van der Waals surface area contributed by atoms with Gasteiger partial charge in [-0.3, -0.25) is 0 Å². The van der Waals surface area contributed by atoms with Gasteiger partial charge < -0.3 is 9.97 Å². The highest BCUT2D eigenvalue weighted by Crippen LogP contribution is 2.39. The van der Waals surface area contributed by atoms with Crippen molar-refractivity contribution in [2.45, 2.75) is 5.92 Å². The van der Waals surface area contributed by atoms with E-state index in [4.69, 9.17) is 0 Å². The van der Waals surface area contributed by atoms with E-state index in [2.05, 4.69) is 118 Å². The third-order valence-electron chi connectivity index (χ3n) is 5.07. The Bertz CT molecular complexity index is 1120. The van der Waals surface area contributed by atoms with Crippen LogP contribution >= 0.6 is 22.6 Å². The van der Waals surface area contributed by atoms with Crippen LogP contribution in [0.15, 0.2) is 85.2 Å². The fourth-order valence-corrected chi connectivity index (χ4v) is 4.21. The average Bonchev–Trinajstić information content (AvgIpc) is 3.29. The number of aromatic nitrogens is 2. The molecule has 26 heavy (non-hydrogen) atoms. The number of H-pyrrole nitrogens is 2. The van der Waals surface area contributed by atoms with E-state index in [1.165, 1.54) is 42.1 Å². The molecule has 0 aliphatic rings. The molecule has 0 unspecified atom stereocenters. The summed E-state index contributed by atoms with van der Waals surface area (Å²) in [6.07, 6.45) is 4.32. The van der Waals surface area contributed by atoms with Gasteiger partial charge in [-0.2, -0.15) is 0 Å². The van der Waals surface area contributed by atoms with Crippen LogP contribution in [0.2, 0.25) is 0 Å². The fraction of sp³-hybridized carbons (Fsp3) is 0.0435. The predicted octanol–water partition coefficient (Wildman–Crippen LogP) is 6.43. The van der Waals surface area contributed by atoms with E-state index in [1.807, 2.05) is 0 Å². The van der Waals surface area contributed by atoms with Crippen molar-refractivity contribution >= 4 is 44.4 Å². The van der Waals surface area contributed by atoms with Crippen LogP contribution in [0.25, 0.3) is 21.8 Å². The SMILES string of the molecule is Ic1ccc(C(c2c[nH]c3ccccc23)c2c[nH]c3ccccc23)cc1. The van der Waals surface area contributed by atoms with Crippen molar-refractivity contribution in [3.8, 4) is 0 Å². The molecule has 0 saturated carbocycles. The van der Waals surface area contributed by atoms with E-state index in [9.17, 15) is 0 Å². The molecule has 2 nitrogen and oxygen atoms in total. The summed E-state index contributed by atoms with van der Waals surface area (Å²) in [5.41, 5.74) is 6.29. The Balaban J connectivity index is 1.79. The van der Waals surface area contributed by atoms with E-state index >= 15 is 0 Å². The smallest absolute Gasteiger partial charge is 0.0457 e. The zero-order valence-corrected chi connectivity index (χ0v) is 16.2. The molecule has 0 spiro atoms. The van der Waals surface area contributed by atoms with E-state index in [0.29, 0.717) is 0 Å². The van der Waals surface area contributed by atoms with Gasteiger partial charge in [0.15, 0.2) is 0 Å². The molecule has 3 heteroatoms. The third kappa shape index (κ3) is 2.54. The number of hydrogen-bond acceptors (Lipinski definition) is 0.